The Balaban J connectivity index is 1.72. The average molecular weight is 393 g/mol. The fourth-order valence-electron chi connectivity index (χ4n) is 3.42. The molecule has 8 heteroatoms. The predicted molar refractivity (Wildman–Crippen MR) is 112 cm³/mol. The van der Waals surface area contributed by atoms with Crippen molar-refractivity contribution in [2.45, 2.75) is 13.5 Å². The second-order valence-electron chi connectivity index (χ2n) is 6.77. The van der Waals surface area contributed by atoms with Crippen LogP contribution in [0, 0.1) is 6.92 Å². The molecule has 0 atom stereocenters. The number of urea groups is 1. The summed E-state index contributed by atoms with van der Waals surface area (Å²) in [5, 5.41) is 6.32. The van der Waals surface area contributed by atoms with E-state index < -0.39 is 0 Å². The molecule has 2 heterocycles. The maximum Gasteiger partial charge on any atom is 0.318 e. The van der Waals surface area contributed by atoms with Gasteiger partial charge in [-0.25, -0.2) is 14.8 Å². The number of rotatable bonds is 3. The van der Waals surface area contributed by atoms with Crippen molar-refractivity contribution in [1.82, 2.24) is 15.3 Å². The van der Waals surface area contributed by atoms with Gasteiger partial charge in [-0.3, -0.25) is 0 Å². The fourth-order valence-corrected chi connectivity index (χ4v) is 3.42. The first-order valence-corrected chi connectivity index (χ1v) is 9.39. The summed E-state index contributed by atoms with van der Waals surface area (Å²) in [5.41, 5.74) is 2.53. The molecule has 0 unspecified atom stereocenters. The number of aryl methyl sites for hydroxylation is 1. The molecular formula is C21H23N5O3. The van der Waals surface area contributed by atoms with Gasteiger partial charge >= 0.3 is 6.03 Å². The Kier molecular flexibility index (Phi) is 5.07. The molecule has 0 saturated carbocycles. The number of methoxy groups -OCH3 is 1. The molecule has 0 saturated heterocycles. The van der Waals surface area contributed by atoms with Gasteiger partial charge in [0.1, 0.15) is 29.7 Å². The molecule has 1 aliphatic rings. The van der Waals surface area contributed by atoms with Crippen molar-refractivity contribution in [1.29, 1.82) is 0 Å². The van der Waals surface area contributed by atoms with Crippen LogP contribution < -0.4 is 25.0 Å². The molecule has 1 aliphatic heterocycles. The highest BCUT2D eigenvalue weighted by Crippen LogP contribution is 2.32. The topological polar surface area (TPSA) is 88.6 Å². The minimum Gasteiger partial charge on any atom is -0.497 e. The van der Waals surface area contributed by atoms with Gasteiger partial charge < -0.3 is 25.0 Å². The zero-order valence-corrected chi connectivity index (χ0v) is 16.7. The number of benzene rings is 2. The molecular weight excluding hydrogens is 370 g/mol. The molecule has 2 amide bonds. The maximum absolute atomic E-state index is 11.6. The average Bonchev–Trinajstić information content (AvgIpc) is 2.94. The van der Waals surface area contributed by atoms with Gasteiger partial charge in [0.05, 0.1) is 19.2 Å². The van der Waals surface area contributed by atoms with Crippen molar-refractivity contribution in [3.8, 4) is 11.5 Å². The van der Waals surface area contributed by atoms with Crippen LogP contribution >= 0.6 is 0 Å². The monoisotopic (exact) mass is 393 g/mol. The summed E-state index contributed by atoms with van der Waals surface area (Å²) in [6.07, 6.45) is 0. The number of amides is 2. The van der Waals surface area contributed by atoms with Crippen molar-refractivity contribution < 1.29 is 14.3 Å². The zero-order valence-electron chi connectivity index (χ0n) is 16.7. The zero-order chi connectivity index (χ0) is 20.4. The van der Waals surface area contributed by atoms with E-state index in [-0.39, 0.29) is 6.03 Å². The minimum atomic E-state index is -0.261. The number of hydrogen-bond donors (Lipinski definition) is 2. The Bertz CT molecular complexity index is 1070. The molecule has 0 spiro atoms. The summed E-state index contributed by atoms with van der Waals surface area (Å²) >= 11 is 0. The van der Waals surface area contributed by atoms with Crippen molar-refractivity contribution in [3.63, 3.8) is 0 Å². The van der Waals surface area contributed by atoms with Gasteiger partial charge in [0.2, 0.25) is 0 Å². The number of aromatic nitrogens is 2. The highest BCUT2D eigenvalue weighted by molar-refractivity contribution is 5.91. The summed E-state index contributed by atoms with van der Waals surface area (Å²) in [5.74, 6) is 3.13. The van der Waals surface area contributed by atoms with Crippen LogP contribution in [-0.2, 0) is 6.54 Å². The lowest BCUT2D eigenvalue weighted by atomic mass is 10.1. The van der Waals surface area contributed by atoms with Gasteiger partial charge in [-0.1, -0.05) is 0 Å². The molecule has 29 heavy (non-hydrogen) atoms. The van der Waals surface area contributed by atoms with Crippen molar-refractivity contribution in [2.75, 3.05) is 37.5 Å². The second kappa shape index (κ2) is 7.83. The van der Waals surface area contributed by atoms with Gasteiger partial charge in [-0.05, 0) is 37.3 Å². The summed E-state index contributed by atoms with van der Waals surface area (Å²) in [4.78, 5) is 23.1. The standard InChI is InChI=1S/C21H23N5O3/c1-13-23-18-11-16(28-3)5-6-17(18)20(24-13)26-8-9-29-19-7-4-15(10-14(19)12-26)25-21(27)22-2/h4-7,10-11H,8-9,12H2,1-3H3,(H2,22,25,27). The largest absolute Gasteiger partial charge is 0.497 e. The van der Waals surface area contributed by atoms with E-state index in [0.717, 1.165) is 33.8 Å². The summed E-state index contributed by atoms with van der Waals surface area (Å²) in [6.45, 7) is 3.71. The third kappa shape index (κ3) is 3.87. The quantitative estimate of drug-likeness (QED) is 0.711. The van der Waals surface area contributed by atoms with E-state index in [2.05, 4.69) is 20.5 Å². The van der Waals surface area contributed by atoms with E-state index in [4.69, 9.17) is 14.5 Å². The predicted octanol–water partition coefficient (Wildman–Crippen LogP) is 3.10. The number of anilines is 2. The van der Waals surface area contributed by atoms with E-state index in [9.17, 15) is 4.79 Å². The lowest BCUT2D eigenvalue weighted by Crippen LogP contribution is -2.27. The van der Waals surface area contributed by atoms with Crippen molar-refractivity contribution in [3.05, 3.63) is 47.8 Å². The van der Waals surface area contributed by atoms with Crippen LogP contribution in [0.5, 0.6) is 11.5 Å². The highest BCUT2D eigenvalue weighted by Gasteiger charge is 2.20. The lowest BCUT2D eigenvalue weighted by Gasteiger charge is -2.23. The smallest absolute Gasteiger partial charge is 0.318 e. The van der Waals surface area contributed by atoms with Gasteiger partial charge in [0.15, 0.2) is 0 Å². The first kappa shape index (κ1) is 18.8. The Morgan fingerprint density at radius 2 is 2.07 bits per heavy atom. The van der Waals surface area contributed by atoms with Gasteiger partial charge in [0, 0.05) is 36.3 Å². The molecule has 0 bridgehead atoms. The number of nitrogens with one attached hydrogen (secondary N) is 2. The third-order valence-electron chi connectivity index (χ3n) is 4.82. The van der Waals surface area contributed by atoms with E-state index >= 15 is 0 Å². The number of ether oxygens (including phenoxy) is 2. The van der Waals surface area contributed by atoms with Crippen LogP contribution in [-0.4, -0.2) is 43.3 Å². The van der Waals surface area contributed by atoms with E-state index in [1.807, 2.05) is 43.3 Å². The van der Waals surface area contributed by atoms with E-state index in [1.54, 1.807) is 14.2 Å². The van der Waals surface area contributed by atoms with Gasteiger partial charge in [-0.2, -0.15) is 0 Å². The SMILES string of the molecule is CNC(=O)Nc1ccc2c(c1)CN(c1nc(C)nc3cc(OC)ccc13)CCO2. The molecule has 2 aromatic carbocycles. The Morgan fingerprint density at radius 3 is 2.86 bits per heavy atom. The first-order valence-electron chi connectivity index (χ1n) is 9.39. The molecule has 1 aromatic heterocycles. The normalized spacial score (nSPS) is 13.3. The molecule has 3 aromatic rings. The molecule has 0 fully saturated rings. The number of hydrogen-bond acceptors (Lipinski definition) is 6. The second-order valence-corrected chi connectivity index (χ2v) is 6.77. The van der Waals surface area contributed by atoms with Crippen LogP contribution in [0.2, 0.25) is 0 Å². The third-order valence-corrected chi connectivity index (χ3v) is 4.82. The van der Waals surface area contributed by atoms with Crippen LogP contribution in [0.15, 0.2) is 36.4 Å². The number of fused-ring (bicyclic) bond motifs is 2. The Morgan fingerprint density at radius 1 is 1.21 bits per heavy atom. The number of carbonyl (C=O) groups excluding carboxylic acids is 1. The fraction of sp³-hybridized carbons (Fsp3) is 0.286. The summed E-state index contributed by atoms with van der Waals surface area (Å²) < 4.78 is 11.3. The summed E-state index contributed by atoms with van der Waals surface area (Å²) in [6, 6.07) is 11.2. The number of carbonyl (C=O) groups is 1. The molecule has 8 nitrogen and oxygen atoms in total. The van der Waals surface area contributed by atoms with Gasteiger partial charge in [0.25, 0.3) is 0 Å². The van der Waals surface area contributed by atoms with Crippen LogP contribution in [0.4, 0.5) is 16.3 Å². The van der Waals surface area contributed by atoms with Crippen molar-refractivity contribution in [2.24, 2.45) is 0 Å². The Hall–Kier alpha value is -3.55. The van der Waals surface area contributed by atoms with Crippen LogP contribution in [0.25, 0.3) is 10.9 Å². The molecule has 2 N–H and O–H groups in total. The molecule has 4 rings (SSSR count). The lowest BCUT2D eigenvalue weighted by molar-refractivity contribution is 0.254. The molecule has 0 radical (unpaired) electrons. The van der Waals surface area contributed by atoms with E-state index in [1.165, 1.54) is 0 Å². The molecule has 150 valence electrons. The maximum atomic E-state index is 11.6. The minimum absolute atomic E-state index is 0.261. The summed E-state index contributed by atoms with van der Waals surface area (Å²) in [7, 11) is 3.23. The number of nitrogens with zero attached hydrogens (tertiary/aromatic N) is 3. The van der Waals surface area contributed by atoms with Gasteiger partial charge in [-0.15, -0.1) is 0 Å². The molecule has 0 aliphatic carbocycles. The first-order chi connectivity index (χ1) is 14.1. The van der Waals surface area contributed by atoms with Crippen LogP contribution in [0.1, 0.15) is 11.4 Å². The van der Waals surface area contributed by atoms with E-state index in [0.29, 0.717) is 31.2 Å². The highest BCUT2D eigenvalue weighted by atomic mass is 16.5. The van der Waals surface area contributed by atoms with Crippen molar-refractivity contribution >= 4 is 28.4 Å². The Labute approximate surface area is 168 Å². The van der Waals surface area contributed by atoms with Crippen LogP contribution in [0.3, 0.4) is 0 Å².